The zero-order valence-corrected chi connectivity index (χ0v) is 21.0. The summed E-state index contributed by atoms with van der Waals surface area (Å²) in [5.74, 6) is 1.30. The second-order valence-corrected chi connectivity index (χ2v) is 9.54. The highest BCUT2D eigenvalue weighted by molar-refractivity contribution is 7.80. The van der Waals surface area contributed by atoms with E-state index in [1.807, 2.05) is 26.8 Å². The Morgan fingerprint density at radius 1 is 1.16 bits per heavy atom. The lowest BCUT2D eigenvalue weighted by Gasteiger charge is -2.39. The first kappa shape index (κ1) is 24.2. The van der Waals surface area contributed by atoms with Crippen LogP contribution in [0.3, 0.4) is 0 Å². The molecule has 0 bridgehead atoms. The van der Waals surface area contributed by atoms with Gasteiger partial charge < -0.3 is 14.4 Å². The van der Waals surface area contributed by atoms with E-state index in [4.69, 9.17) is 21.7 Å². The van der Waals surface area contributed by atoms with E-state index < -0.39 is 0 Å². The highest BCUT2D eigenvalue weighted by Gasteiger charge is 2.36. The molecule has 0 saturated carbocycles. The van der Waals surface area contributed by atoms with Gasteiger partial charge in [0.15, 0.2) is 0 Å². The number of hydrogen-bond donors (Lipinski definition) is 0. The standard InChI is InChI=1S/C27H35NO3S/c1-7-8-16-28(22-12-10-9-11-13-22)24(32)17-27(6)15-14-23-20(4)25(30-21(5)29)18(2)19(3)26(23)31-27/h9-13H,7-8,14-17H2,1-6H3. The Kier molecular flexibility index (Phi) is 7.60. The molecule has 32 heavy (non-hydrogen) atoms. The van der Waals surface area contributed by atoms with Crippen molar-refractivity contribution in [2.24, 2.45) is 0 Å². The van der Waals surface area contributed by atoms with Crippen molar-refractivity contribution >= 4 is 28.9 Å². The molecule has 172 valence electrons. The van der Waals surface area contributed by atoms with E-state index in [2.05, 4.69) is 43.0 Å². The van der Waals surface area contributed by atoms with Crippen molar-refractivity contribution in [2.75, 3.05) is 11.4 Å². The van der Waals surface area contributed by atoms with Gasteiger partial charge in [-0.3, -0.25) is 4.79 Å². The van der Waals surface area contributed by atoms with Crippen molar-refractivity contribution in [3.63, 3.8) is 0 Å². The molecule has 0 radical (unpaired) electrons. The molecule has 3 rings (SSSR count). The molecule has 2 aromatic rings. The van der Waals surface area contributed by atoms with Crippen molar-refractivity contribution < 1.29 is 14.3 Å². The Balaban J connectivity index is 1.87. The van der Waals surface area contributed by atoms with E-state index in [1.165, 1.54) is 6.92 Å². The fourth-order valence-electron chi connectivity index (χ4n) is 4.44. The van der Waals surface area contributed by atoms with E-state index in [1.54, 1.807) is 0 Å². The first-order valence-corrected chi connectivity index (χ1v) is 11.9. The van der Waals surface area contributed by atoms with Gasteiger partial charge in [0.25, 0.3) is 0 Å². The third-order valence-corrected chi connectivity index (χ3v) is 6.80. The molecule has 1 atom stereocenters. The molecule has 0 spiro atoms. The highest BCUT2D eigenvalue weighted by atomic mass is 32.1. The maximum atomic E-state index is 11.6. The number of carbonyl (C=O) groups excluding carboxylic acids is 1. The summed E-state index contributed by atoms with van der Waals surface area (Å²) in [4.78, 5) is 14.8. The number of benzene rings is 2. The summed E-state index contributed by atoms with van der Waals surface area (Å²) in [6, 6.07) is 10.4. The van der Waals surface area contributed by atoms with E-state index in [-0.39, 0.29) is 11.6 Å². The molecule has 1 aliphatic heterocycles. The lowest BCUT2D eigenvalue weighted by molar-refractivity contribution is -0.132. The summed E-state index contributed by atoms with van der Waals surface area (Å²) >= 11 is 5.96. The average molecular weight is 454 g/mol. The number of para-hydroxylation sites is 1. The van der Waals surface area contributed by atoms with Crippen molar-refractivity contribution in [1.29, 1.82) is 0 Å². The van der Waals surface area contributed by atoms with Crippen LogP contribution in [-0.2, 0) is 11.2 Å². The number of hydrogen-bond acceptors (Lipinski definition) is 4. The second kappa shape index (κ2) is 10.0. The Bertz CT molecular complexity index is 1000. The van der Waals surface area contributed by atoms with Crippen LogP contribution in [0.4, 0.5) is 5.69 Å². The Hall–Kier alpha value is -2.40. The lowest BCUT2D eigenvalue weighted by Crippen LogP contribution is -2.43. The molecular formula is C27H35NO3S. The molecule has 4 nitrogen and oxygen atoms in total. The van der Waals surface area contributed by atoms with Crippen LogP contribution in [0.5, 0.6) is 11.5 Å². The number of anilines is 1. The smallest absolute Gasteiger partial charge is 0.308 e. The molecule has 1 unspecified atom stereocenters. The minimum atomic E-state index is -0.379. The predicted molar refractivity (Wildman–Crippen MR) is 135 cm³/mol. The van der Waals surface area contributed by atoms with Gasteiger partial charge in [-0.1, -0.05) is 43.8 Å². The van der Waals surface area contributed by atoms with Gasteiger partial charge in [-0.2, -0.15) is 0 Å². The fourth-order valence-corrected chi connectivity index (χ4v) is 4.94. The van der Waals surface area contributed by atoms with Crippen LogP contribution >= 0.6 is 12.2 Å². The minimum absolute atomic E-state index is 0.296. The van der Waals surface area contributed by atoms with Crippen LogP contribution in [0.2, 0.25) is 0 Å². The quantitative estimate of drug-likeness (QED) is 0.267. The zero-order chi connectivity index (χ0) is 23.5. The Labute approximate surface area is 197 Å². The summed E-state index contributed by atoms with van der Waals surface area (Å²) in [5, 5.41) is 0. The third-order valence-electron chi connectivity index (χ3n) is 6.44. The first-order valence-electron chi connectivity index (χ1n) is 11.5. The molecule has 0 aliphatic carbocycles. The van der Waals surface area contributed by atoms with Crippen molar-refractivity contribution in [1.82, 2.24) is 0 Å². The van der Waals surface area contributed by atoms with E-state index in [9.17, 15) is 4.79 Å². The maximum Gasteiger partial charge on any atom is 0.308 e. The van der Waals surface area contributed by atoms with Gasteiger partial charge in [-0.05, 0) is 75.8 Å². The molecule has 0 aromatic heterocycles. The number of nitrogens with zero attached hydrogens (tertiary/aromatic N) is 1. The normalized spacial score (nSPS) is 17.3. The molecule has 2 aromatic carbocycles. The molecular weight excluding hydrogens is 418 g/mol. The van der Waals surface area contributed by atoms with Crippen molar-refractivity contribution in [2.45, 2.75) is 79.2 Å². The van der Waals surface area contributed by atoms with Gasteiger partial charge in [0.2, 0.25) is 0 Å². The monoisotopic (exact) mass is 453 g/mol. The number of fused-ring (bicyclic) bond motifs is 1. The van der Waals surface area contributed by atoms with E-state index >= 15 is 0 Å². The fraction of sp³-hybridized carbons (Fsp3) is 0.481. The van der Waals surface area contributed by atoms with Gasteiger partial charge in [-0.15, -0.1) is 0 Å². The SMILES string of the molecule is CCCCN(C(=S)CC1(C)CCc2c(C)c(OC(C)=O)c(C)c(C)c2O1)c1ccccc1. The lowest BCUT2D eigenvalue weighted by atomic mass is 9.85. The molecule has 0 fully saturated rings. The minimum Gasteiger partial charge on any atom is -0.487 e. The third kappa shape index (κ3) is 5.15. The molecule has 0 saturated heterocycles. The van der Waals surface area contributed by atoms with Crippen LogP contribution in [0.15, 0.2) is 30.3 Å². The van der Waals surface area contributed by atoms with Crippen molar-refractivity contribution in [3.8, 4) is 11.5 Å². The number of thiocarbonyl (C=S) groups is 1. The summed E-state index contributed by atoms with van der Waals surface area (Å²) in [6.07, 6.45) is 4.63. The van der Waals surface area contributed by atoms with Crippen molar-refractivity contribution in [3.05, 3.63) is 52.6 Å². The maximum absolute atomic E-state index is 11.6. The van der Waals surface area contributed by atoms with Gasteiger partial charge in [0, 0.05) is 31.1 Å². The zero-order valence-electron chi connectivity index (χ0n) is 20.2. The van der Waals surface area contributed by atoms with Crippen LogP contribution < -0.4 is 14.4 Å². The number of ether oxygens (including phenoxy) is 2. The first-order chi connectivity index (χ1) is 15.2. The largest absolute Gasteiger partial charge is 0.487 e. The molecule has 1 heterocycles. The highest BCUT2D eigenvalue weighted by Crippen LogP contribution is 2.44. The van der Waals surface area contributed by atoms with Gasteiger partial charge in [-0.25, -0.2) is 0 Å². The molecule has 5 heteroatoms. The van der Waals surface area contributed by atoms with Gasteiger partial charge in [0.05, 0.1) is 4.99 Å². The van der Waals surface area contributed by atoms with Crippen LogP contribution in [0, 0.1) is 20.8 Å². The summed E-state index contributed by atoms with van der Waals surface area (Å²) in [7, 11) is 0. The average Bonchev–Trinajstić information content (AvgIpc) is 2.75. The van der Waals surface area contributed by atoms with Crippen LogP contribution in [0.25, 0.3) is 0 Å². The number of esters is 1. The summed E-state index contributed by atoms with van der Waals surface area (Å²) in [5.41, 5.74) is 4.88. The van der Waals surface area contributed by atoms with Crippen LogP contribution in [-0.4, -0.2) is 23.1 Å². The topological polar surface area (TPSA) is 38.8 Å². The predicted octanol–water partition coefficient (Wildman–Crippen LogP) is 6.65. The van der Waals surface area contributed by atoms with Crippen LogP contribution in [0.1, 0.15) is 68.7 Å². The van der Waals surface area contributed by atoms with Gasteiger partial charge >= 0.3 is 5.97 Å². The molecule has 0 amide bonds. The van der Waals surface area contributed by atoms with E-state index in [0.717, 1.165) is 70.9 Å². The number of unbranched alkanes of at least 4 members (excludes halogenated alkanes) is 1. The second-order valence-electron chi connectivity index (χ2n) is 9.07. The number of carbonyl (C=O) groups is 1. The summed E-state index contributed by atoms with van der Waals surface area (Å²) in [6.45, 7) is 12.8. The molecule has 1 aliphatic rings. The van der Waals surface area contributed by atoms with Gasteiger partial charge in [0.1, 0.15) is 17.1 Å². The van der Waals surface area contributed by atoms with E-state index in [0.29, 0.717) is 12.2 Å². The molecule has 0 N–H and O–H groups in total. The summed E-state index contributed by atoms with van der Waals surface area (Å²) < 4.78 is 12.2. The Morgan fingerprint density at radius 2 is 1.84 bits per heavy atom. The number of rotatable bonds is 7. The Morgan fingerprint density at radius 3 is 2.47 bits per heavy atom.